The highest BCUT2D eigenvalue weighted by Crippen LogP contribution is 2.38. The predicted molar refractivity (Wildman–Crippen MR) is 89.6 cm³/mol. The number of benzene rings is 2. The highest BCUT2D eigenvalue weighted by Gasteiger charge is 2.27. The van der Waals surface area contributed by atoms with Gasteiger partial charge in [0.1, 0.15) is 0 Å². The number of methoxy groups -OCH3 is 1. The Morgan fingerprint density at radius 1 is 1.26 bits per heavy atom. The first-order valence-corrected chi connectivity index (χ1v) is 8.56. The second-order valence-corrected chi connectivity index (χ2v) is 6.55. The summed E-state index contributed by atoms with van der Waals surface area (Å²) in [6, 6.07) is 10.1. The number of carbonyl (C=O) groups excluding carboxylic acids is 1. The molecule has 0 spiro atoms. The number of esters is 1. The zero-order chi connectivity index (χ0) is 17.0. The average Bonchev–Trinajstić information content (AvgIpc) is 2.54. The Kier molecular flexibility index (Phi) is 5.94. The van der Waals surface area contributed by atoms with Gasteiger partial charge >= 0.3 is 14.1 Å². The Labute approximate surface area is 140 Å². The van der Waals surface area contributed by atoms with Gasteiger partial charge < -0.3 is 9.63 Å². The van der Waals surface area contributed by atoms with Crippen molar-refractivity contribution in [3.63, 3.8) is 0 Å². The van der Waals surface area contributed by atoms with Crippen molar-refractivity contribution in [2.45, 2.75) is 19.9 Å². The second-order valence-electron chi connectivity index (χ2n) is 5.25. The molecule has 0 aromatic heterocycles. The Morgan fingerprint density at radius 3 is 2.61 bits per heavy atom. The van der Waals surface area contributed by atoms with Crippen LogP contribution in [0.15, 0.2) is 41.1 Å². The van der Waals surface area contributed by atoms with Crippen molar-refractivity contribution < 1.29 is 18.9 Å². The molecule has 0 aliphatic rings. The van der Waals surface area contributed by atoms with Gasteiger partial charge in [0.2, 0.25) is 5.75 Å². The predicted octanol–water partition coefficient (Wildman–Crippen LogP) is 3.93. The summed E-state index contributed by atoms with van der Waals surface area (Å²) in [6.45, 7) is 3.58. The van der Waals surface area contributed by atoms with Crippen LogP contribution in [0.3, 0.4) is 0 Å². The zero-order valence-corrected chi connectivity index (χ0v) is 14.7. The van der Waals surface area contributed by atoms with Crippen molar-refractivity contribution in [1.82, 2.24) is 0 Å². The summed E-state index contributed by atoms with van der Waals surface area (Å²) in [4.78, 5) is 23.9. The van der Waals surface area contributed by atoms with Gasteiger partial charge in [-0.3, -0.25) is 4.52 Å². The molecule has 0 N–H and O–H groups in total. The number of ether oxygens (including phenoxy) is 1. The number of halogens is 1. The topological polar surface area (TPSA) is 71.0 Å². The van der Waals surface area contributed by atoms with Crippen molar-refractivity contribution in [1.29, 1.82) is 0 Å². The van der Waals surface area contributed by atoms with Crippen molar-refractivity contribution >= 4 is 36.5 Å². The number of hydrogen-bond acceptors (Lipinski definition) is 5. The minimum Gasteiger partial charge on any atom is -0.575 e. The summed E-state index contributed by atoms with van der Waals surface area (Å²) in [5, 5.41) is 1.97. The lowest BCUT2D eigenvalue weighted by Crippen LogP contribution is -2.25. The van der Waals surface area contributed by atoms with Gasteiger partial charge in [-0.2, -0.15) is 0 Å². The normalized spacial score (nSPS) is 13.2. The first-order chi connectivity index (χ1) is 10.9. The molecule has 2 atom stereocenters. The Balaban J connectivity index is 2.36. The standard InChI is InChI=1S/C16H17ClNO4P/c1-10(2)14(16(19)21-3)18-23(20)22-15-12-7-5-4-6-11(12)8-9-13(15)17/h4-10,14H,1-3H3. The third kappa shape index (κ3) is 4.20. The van der Waals surface area contributed by atoms with Gasteiger partial charge in [-0.05, 0) is 17.4 Å². The monoisotopic (exact) mass is 353 g/mol. The molecule has 0 amide bonds. The van der Waals surface area contributed by atoms with Gasteiger partial charge in [0.15, 0.2) is 6.04 Å². The first-order valence-electron chi connectivity index (χ1n) is 7.05. The van der Waals surface area contributed by atoms with E-state index in [1.165, 1.54) is 7.11 Å². The average molecular weight is 354 g/mol. The largest absolute Gasteiger partial charge is 0.575 e. The van der Waals surface area contributed by atoms with E-state index in [1.807, 2.05) is 30.3 Å². The molecule has 5 nitrogen and oxygen atoms in total. The molecule has 0 radical (unpaired) electrons. The van der Waals surface area contributed by atoms with Gasteiger partial charge in [-0.25, -0.2) is 4.79 Å². The maximum absolute atomic E-state index is 12.2. The lowest BCUT2D eigenvalue weighted by molar-refractivity contribution is -0.169. The lowest BCUT2D eigenvalue weighted by Gasteiger charge is -2.11. The number of nitrogens with zero attached hydrogens (tertiary/aromatic N) is 1. The third-order valence-corrected chi connectivity index (χ3v) is 4.37. The fourth-order valence-electron chi connectivity index (χ4n) is 2.09. The highest BCUT2D eigenvalue weighted by molar-refractivity contribution is 7.34. The Morgan fingerprint density at radius 2 is 1.96 bits per heavy atom. The molecule has 0 fully saturated rings. The van der Waals surface area contributed by atoms with Crippen molar-refractivity contribution in [3.05, 3.63) is 41.4 Å². The fourth-order valence-corrected chi connectivity index (χ4v) is 3.31. The smallest absolute Gasteiger partial charge is 0.395 e. The maximum atomic E-state index is 12.2. The Hall–Kier alpha value is -1.68. The van der Waals surface area contributed by atoms with Crippen LogP contribution >= 0.6 is 19.8 Å². The van der Waals surface area contributed by atoms with E-state index in [1.54, 1.807) is 19.9 Å². The van der Waals surface area contributed by atoms with E-state index in [0.29, 0.717) is 10.8 Å². The lowest BCUT2D eigenvalue weighted by atomic mass is 10.1. The molecule has 0 aliphatic heterocycles. The zero-order valence-electron chi connectivity index (χ0n) is 13.0. The number of hydrogen-bond donors (Lipinski definition) is 0. The van der Waals surface area contributed by atoms with E-state index in [9.17, 15) is 9.69 Å². The molecule has 0 heterocycles. The van der Waals surface area contributed by atoms with Crippen LogP contribution in [-0.2, 0) is 9.53 Å². The molecule has 2 aromatic carbocycles. The number of fused-ring (bicyclic) bond motifs is 1. The van der Waals surface area contributed by atoms with E-state index in [4.69, 9.17) is 16.1 Å². The molecule has 122 valence electrons. The van der Waals surface area contributed by atoms with E-state index >= 15 is 0 Å². The second kappa shape index (κ2) is 7.73. The van der Waals surface area contributed by atoms with E-state index in [-0.39, 0.29) is 5.92 Å². The summed E-state index contributed by atoms with van der Waals surface area (Å²) in [6.07, 6.45) is 0. The van der Waals surface area contributed by atoms with Crippen LogP contribution in [0, 0.1) is 5.92 Å². The molecule has 0 bridgehead atoms. The third-order valence-electron chi connectivity index (χ3n) is 3.29. The molecule has 2 unspecified atom stereocenters. The van der Waals surface area contributed by atoms with Crippen molar-refractivity contribution in [2.24, 2.45) is 10.7 Å². The van der Waals surface area contributed by atoms with Crippen LogP contribution in [0.1, 0.15) is 13.8 Å². The molecule has 23 heavy (non-hydrogen) atoms. The van der Waals surface area contributed by atoms with E-state index < -0.39 is 20.2 Å². The first kappa shape index (κ1) is 17.7. The minimum atomic E-state index is -2.47. The van der Waals surface area contributed by atoms with E-state index in [0.717, 1.165) is 10.8 Å². The Bertz CT molecular complexity index is 748. The highest BCUT2D eigenvalue weighted by atomic mass is 35.5. The molecule has 0 aliphatic carbocycles. The van der Waals surface area contributed by atoms with E-state index in [2.05, 4.69) is 9.48 Å². The summed E-state index contributed by atoms with van der Waals surface area (Å²) in [5.74, 6) is -0.411. The van der Waals surface area contributed by atoms with Gasteiger partial charge in [-0.1, -0.05) is 60.5 Å². The fraction of sp³-hybridized carbons (Fsp3) is 0.312. The van der Waals surface area contributed by atoms with Gasteiger partial charge in [0.25, 0.3) is 0 Å². The summed E-state index contributed by atoms with van der Waals surface area (Å²) in [7, 11) is -1.20. The van der Waals surface area contributed by atoms with Crippen LogP contribution < -0.4 is 9.42 Å². The quantitative estimate of drug-likeness (QED) is 0.603. The molecule has 2 rings (SSSR count). The summed E-state index contributed by atoms with van der Waals surface area (Å²) < 4.78 is 14.1. The van der Waals surface area contributed by atoms with Crippen molar-refractivity contribution in [3.8, 4) is 5.75 Å². The maximum Gasteiger partial charge on any atom is 0.395 e. The van der Waals surface area contributed by atoms with Crippen LogP contribution in [-0.4, -0.2) is 19.1 Å². The molecule has 0 saturated heterocycles. The SMILES string of the molecule is COC(=O)C(N=[P+]([O-])Oc1c(Cl)ccc2ccccc12)C(C)C. The van der Waals surface area contributed by atoms with Gasteiger partial charge in [0, 0.05) is 5.39 Å². The van der Waals surface area contributed by atoms with Crippen LogP contribution in [0.2, 0.25) is 5.02 Å². The summed E-state index contributed by atoms with van der Waals surface area (Å²) >= 11 is 6.15. The van der Waals surface area contributed by atoms with Crippen LogP contribution in [0.4, 0.5) is 0 Å². The van der Waals surface area contributed by atoms with Crippen LogP contribution in [0.25, 0.3) is 10.8 Å². The minimum absolute atomic E-state index is 0.159. The van der Waals surface area contributed by atoms with Crippen molar-refractivity contribution in [2.75, 3.05) is 7.11 Å². The van der Waals surface area contributed by atoms with Gasteiger partial charge in [-0.15, -0.1) is 0 Å². The molecule has 0 saturated carbocycles. The summed E-state index contributed by atoms with van der Waals surface area (Å²) in [5.41, 5.74) is 0. The molecular formula is C16H17ClNO4P. The van der Waals surface area contributed by atoms with Crippen LogP contribution in [0.5, 0.6) is 5.75 Å². The molecule has 2 aromatic rings. The molecular weight excluding hydrogens is 337 g/mol. The molecule has 7 heteroatoms. The number of rotatable bonds is 5. The number of carbonyl (C=O) groups is 1. The van der Waals surface area contributed by atoms with Gasteiger partial charge in [0.05, 0.1) is 12.1 Å².